The fraction of sp³-hybridized carbons (Fsp3) is 0.286. The van der Waals surface area contributed by atoms with Gasteiger partial charge in [-0.1, -0.05) is 12.1 Å². The van der Waals surface area contributed by atoms with Crippen LogP contribution in [0.3, 0.4) is 0 Å². The Morgan fingerprint density at radius 1 is 1.16 bits per heavy atom. The van der Waals surface area contributed by atoms with Gasteiger partial charge in [0.25, 0.3) is 0 Å². The standard InChI is InChI=1S/C14H16FN3O/c1-9-4-11(5-10(2)14(9)15)7-16-12-6-13(19-3)18-8-17-12/h4-6,8H,7H2,1-3H3,(H,16,17,18). The second-order valence-electron chi connectivity index (χ2n) is 4.34. The Balaban J connectivity index is 2.10. The number of nitrogens with one attached hydrogen (secondary N) is 1. The Morgan fingerprint density at radius 3 is 2.47 bits per heavy atom. The van der Waals surface area contributed by atoms with Crippen LogP contribution in [0.1, 0.15) is 16.7 Å². The molecule has 2 aromatic rings. The molecule has 4 nitrogen and oxygen atoms in total. The monoisotopic (exact) mass is 261 g/mol. The third-order valence-corrected chi connectivity index (χ3v) is 2.82. The summed E-state index contributed by atoms with van der Waals surface area (Å²) < 4.78 is 18.5. The summed E-state index contributed by atoms with van der Waals surface area (Å²) in [6, 6.07) is 5.37. The van der Waals surface area contributed by atoms with Gasteiger partial charge in [-0.2, -0.15) is 0 Å². The number of benzene rings is 1. The first-order valence-electron chi connectivity index (χ1n) is 5.95. The molecule has 19 heavy (non-hydrogen) atoms. The van der Waals surface area contributed by atoms with E-state index in [1.807, 2.05) is 12.1 Å². The van der Waals surface area contributed by atoms with Gasteiger partial charge < -0.3 is 10.1 Å². The maximum absolute atomic E-state index is 13.5. The second-order valence-corrected chi connectivity index (χ2v) is 4.34. The van der Waals surface area contributed by atoms with Gasteiger partial charge in [-0.3, -0.25) is 0 Å². The highest BCUT2D eigenvalue weighted by atomic mass is 19.1. The quantitative estimate of drug-likeness (QED) is 0.919. The molecule has 0 saturated carbocycles. The van der Waals surface area contributed by atoms with Crippen LogP contribution < -0.4 is 10.1 Å². The molecule has 1 aromatic heterocycles. The van der Waals surface area contributed by atoms with Crippen molar-refractivity contribution in [1.29, 1.82) is 0 Å². The molecule has 1 aromatic carbocycles. The summed E-state index contributed by atoms with van der Waals surface area (Å²) in [6.45, 7) is 4.10. The molecule has 100 valence electrons. The van der Waals surface area contributed by atoms with Crippen molar-refractivity contribution >= 4 is 5.82 Å². The number of aryl methyl sites for hydroxylation is 2. The van der Waals surface area contributed by atoms with E-state index in [9.17, 15) is 4.39 Å². The topological polar surface area (TPSA) is 47.0 Å². The molecule has 2 rings (SSSR count). The average molecular weight is 261 g/mol. The third-order valence-electron chi connectivity index (χ3n) is 2.82. The van der Waals surface area contributed by atoms with Crippen LogP contribution in [0.4, 0.5) is 10.2 Å². The van der Waals surface area contributed by atoms with Crippen molar-refractivity contribution in [2.45, 2.75) is 20.4 Å². The van der Waals surface area contributed by atoms with Crippen LogP contribution in [-0.2, 0) is 6.54 Å². The van der Waals surface area contributed by atoms with Crippen molar-refractivity contribution in [2.24, 2.45) is 0 Å². The molecule has 0 fully saturated rings. The molecule has 1 heterocycles. The van der Waals surface area contributed by atoms with Crippen LogP contribution >= 0.6 is 0 Å². The van der Waals surface area contributed by atoms with E-state index in [4.69, 9.17) is 4.74 Å². The molecule has 5 heteroatoms. The van der Waals surface area contributed by atoms with E-state index in [2.05, 4.69) is 15.3 Å². The number of halogens is 1. The fourth-order valence-electron chi connectivity index (χ4n) is 1.88. The van der Waals surface area contributed by atoms with Crippen LogP contribution in [0.25, 0.3) is 0 Å². The zero-order chi connectivity index (χ0) is 13.8. The van der Waals surface area contributed by atoms with Gasteiger partial charge in [0.2, 0.25) is 5.88 Å². The lowest BCUT2D eigenvalue weighted by molar-refractivity contribution is 0.397. The Kier molecular flexibility index (Phi) is 3.94. The van der Waals surface area contributed by atoms with Crippen LogP contribution in [-0.4, -0.2) is 17.1 Å². The minimum absolute atomic E-state index is 0.146. The first-order valence-corrected chi connectivity index (χ1v) is 5.95. The highest BCUT2D eigenvalue weighted by molar-refractivity contribution is 5.39. The first kappa shape index (κ1) is 13.3. The number of methoxy groups -OCH3 is 1. The van der Waals surface area contributed by atoms with Crippen molar-refractivity contribution < 1.29 is 9.13 Å². The van der Waals surface area contributed by atoms with Crippen molar-refractivity contribution in [1.82, 2.24) is 9.97 Å². The number of aromatic nitrogens is 2. The maximum atomic E-state index is 13.5. The predicted molar refractivity (Wildman–Crippen MR) is 71.8 cm³/mol. The number of rotatable bonds is 4. The van der Waals surface area contributed by atoms with Crippen LogP contribution in [0, 0.1) is 19.7 Å². The summed E-state index contributed by atoms with van der Waals surface area (Å²) >= 11 is 0. The SMILES string of the molecule is COc1cc(NCc2cc(C)c(F)c(C)c2)ncn1. The molecule has 0 aliphatic heterocycles. The van der Waals surface area contributed by atoms with Gasteiger partial charge in [-0.05, 0) is 30.5 Å². The molecule has 0 amide bonds. The Bertz CT molecular complexity index is 564. The van der Waals surface area contributed by atoms with E-state index in [-0.39, 0.29) is 5.82 Å². The summed E-state index contributed by atoms with van der Waals surface area (Å²) in [7, 11) is 1.55. The molecular weight excluding hydrogens is 245 g/mol. The molecule has 0 aliphatic carbocycles. The van der Waals surface area contributed by atoms with Gasteiger partial charge >= 0.3 is 0 Å². The molecule has 0 unspecified atom stereocenters. The summed E-state index contributed by atoms with van der Waals surface area (Å²) in [5.41, 5.74) is 2.31. The second kappa shape index (κ2) is 5.65. The van der Waals surface area contributed by atoms with Crippen LogP contribution in [0.15, 0.2) is 24.5 Å². The molecule has 1 N–H and O–H groups in total. The van der Waals surface area contributed by atoms with E-state index in [1.54, 1.807) is 27.0 Å². The van der Waals surface area contributed by atoms with Crippen molar-refractivity contribution in [2.75, 3.05) is 12.4 Å². The highest BCUT2D eigenvalue weighted by Crippen LogP contribution is 2.16. The number of hydrogen-bond donors (Lipinski definition) is 1. The lowest BCUT2D eigenvalue weighted by Gasteiger charge is -2.09. The largest absolute Gasteiger partial charge is 0.481 e. The van der Waals surface area contributed by atoms with Crippen molar-refractivity contribution in [3.63, 3.8) is 0 Å². The lowest BCUT2D eigenvalue weighted by atomic mass is 10.1. The maximum Gasteiger partial charge on any atom is 0.218 e. The summed E-state index contributed by atoms with van der Waals surface area (Å²) in [6.07, 6.45) is 1.43. The van der Waals surface area contributed by atoms with Crippen LogP contribution in [0.5, 0.6) is 5.88 Å². The molecular formula is C14H16FN3O. The van der Waals surface area contributed by atoms with E-state index >= 15 is 0 Å². The average Bonchev–Trinajstić information content (AvgIpc) is 2.42. The highest BCUT2D eigenvalue weighted by Gasteiger charge is 2.05. The minimum Gasteiger partial charge on any atom is -0.481 e. The molecule has 0 aliphatic rings. The van der Waals surface area contributed by atoms with E-state index in [1.165, 1.54) is 6.33 Å². The van der Waals surface area contributed by atoms with E-state index < -0.39 is 0 Å². The van der Waals surface area contributed by atoms with Crippen molar-refractivity contribution in [3.05, 3.63) is 47.0 Å². The zero-order valence-electron chi connectivity index (χ0n) is 11.2. The summed E-state index contributed by atoms with van der Waals surface area (Å²) in [5, 5.41) is 3.16. The number of nitrogens with zero attached hydrogens (tertiary/aromatic N) is 2. The first-order chi connectivity index (χ1) is 9.10. The molecule has 0 radical (unpaired) electrons. The fourth-order valence-corrected chi connectivity index (χ4v) is 1.88. The van der Waals surface area contributed by atoms with Crippen molar-refractivity contribution in [3.8, 4) is 5.88 Å². The van der Waals surface area contributed by atoms with Gasteiger partial charge in [0, 0.05) is 12.6 Å². The van der Waals surface area contributed by atoms with E-state index in [0.29, 0.717) is 29.4 Å². The van der Waals surface area contributed by atoms with Gasteiger partial charge in [0.15, 0.2) is 0 Å². The molecule has 0 bridgehead atoms. The molecule has 0 spiro atoms. The number of ether oxygens (including phenoxy) is 1. The van der Waals surface area contributed by atoms with Gasteiger partial charge in [0.05, 0.1) is 7.11 Å². The summed E-state index contributed by atoms with van der Waals surface area (Å²) in [4.78, 5) is 8.02. The number of hydrogen-bond acceptors (Lipinski definition) is 4. The summed E-state index contributed by atoms with van der Waals surface area (Å²) in [5.74, 6) is 1.03. The Labute approximate surface area is 111 Å². The normalized spacial score (nSPS) is 10.3. The third kappa shape index (κ3) is 3.19. The Hall–Kier alpha value is -2.17. The minimum atomic E-state index is -0.146. The number of anilines is 1. The Morgan fingerprint density at radius 2 is 1.84 bits per heavy atom. The lowest BCUT2D eigenvalue weighted by Crippen LogP contribution is -2.03. The molecule has 0 saturated heterocycles. The van der Waals surface area contributed by atoms with E-state index in [0.717, 1.165) is 5.56 Å². The molecule has 0 atom stereocenters. The van der Waals surface area contributed by atoms with Gasteiger partial charge in [-0.15, -0.1) is 0 Å². The van der Waals surface area contributed by atoms with Crippen LogP contribution in [0.2, 0.25) is 0 Å². The predicted octanol–water partition coefficient (Wildman–Crippen LogP) is 2.85. The zero-order valence-corrected chi connectivity index (χ0v) is 11.2. The smallest absolute Gasteiger partial charge is 0.218 e. The van der Waals surface area contributed by atoms with Gasteiger partial charge in [-0.25, -0.2) is 14.4 Å². The van der Waals surface area contributed by atoms with Gasteiger partial charge in [0.1, 0.15) is 18.0 Å².